The lowest BCUT2D eigenvalue weighted by Crippen LogP contribution is -2.25. The Morgan fingerprint density at radius 2 is 1.96 bits per heavy atom. The second-order valence-electron chi connectivity index (χ2n) is 6.38. The fourth-order valence-electron chi connectivity index (χ4n) is 2.80. The summed E-state index contributed by atoms with van der Waals surface area (Å²) in [5.74, 6) is 0.669. The van der Waals surface area contributed by atoms with E-state index in [4.69, 9.17) is 11.6 Å². The monoisotopic (exact) mass is 367 g/mol. The van der Waals surface area contributed by atoms with Crippen LogP contribution >= 0.6 is 11.6 Å². The molecule has 1 heterocycles. The van der Waals surface area contributed by atoms with Crippen LogP contribution in [0.25, 0.3) is 16.8 Å². The van der Waals surface area contributed by atoms with E-state index in [2.05, 4.69) is 20.8 Å². The second-order valence-corrected chi connectivity index (χ2v) is 6.82. The van der Waals surface area contributed by atoms with Gasteiger partial charge in [0.05, 0.1) is 5.69 Å². The van der Waals surface area contributed by atoms with Gasteiger partial charge in [-0.3, -0.25) is 4.79 Å². The first-order valence-electron chi connectivity index (χ1n) is 8.63. The molecule has 1 aliphatic carbocycles. The molecule has 1 fully saturated rings. The lowest BCUT2D eigenvalue weighted by Gasteiger charge is -2.11. The number of nitrogens with zero attached hydrogens (tertiary/aromatic N) is 4. The predicted molar refractivity (Wildman–Crippen MR) is 99.5 cm³/mol. The average molecular weight is 368 g/mol. The molecule has 0 aliphatic heterocycles. The van der Waals surface area contributed by atoms with Crippen LogP contribution in [0.2, 0.25) is 5.02 Å². The molecule has 0 bridgehead atoms. The van der Waals surface area contributed by atoms with Crippen LogP contribution in [0.1, 0.15) is 35.9 Å². The van der Waals surface area contributed by atoms with Gasteiger partial charge in [-0.05, 0) is 64.7 Å². The highest BCUT2D eigenvalue weighted by molar-refractivity contribution is 6.30. The Hall–Kier alpha value is -2.73. The first-order valence-corrected chi connectivity index (χ1v) is 9.01. The average Bonchev–Trinajstić information content (AvgIpc) is 3.34. The number of hydrogen-bond acceptors (Lipinski definition) is 4. The number of amides is 1. The Labute approximate surface area is 156 Å². The molecule has 1 N–H and O–H groups in total. The van der Waals surface area contributed by atoms with E-state index in [1.807, 2.05) is 49.4 Å². The van der Waals surface area contributed by atoms with E-state index in [-0.39, 0.29) is 5.91 Å². The molecule has 3 aromatic rings. The number of carbonyl (C=O) groups is 1. The molecule has 6 nitrogen and oxygen atoms in total. The molecule has 1 aliphatic rings. The van der Waals surface area contributed by atoms with Gasteiger partial charge in [-0.1, -0.05) is 30.7 Å². The van der Waals surface area contributed by atoms with Gasteiger partial charge >= 0.3 is 0 Å². The number of benzene rings is 2. The quantitative estimate of drug-likeness (QED) is 0.749. The van der Waals surface area contributed by atoms with Gasteiger partial charge in [0.25, 0.3) is 5.91 Å². The third kappa shape index (κ3) is 3.46. The maximum atomic E-state index is 12.6. The topological polar surface area (TPSA) is 72.7 Å². The third-order valence-corrected chi connectivity index (χ3v) is 4.62. The number of carbonyl (C=O) groups excluding carboxylic acids is 1. The third-order valence-electron chi connectivity index (χ3n) is 4.36. The Bertz CT molecular complexity index is 947. The van der Waals surface area contributed by atoms with Crippen molar-refractivity contribution in [2.45, 2.75) is 32.2 Å². The summed E-state index contributed by atoms with van der Waals surface area (Å²) in [4.78, 5) is 12.6. The molecule has 0 atom stereocenters. The van der Waals surface area contributed by atoms with E-state index in [1.54, 1.807) is 4.68 Å². The maximum Gasteiger partial charge on any atom is 0.251 e. The second kappa shape index (κ2) is 6.88. The van der Waals surface area contributed by atoms with Crippen LogP contribution < -0.4 is 5.32 Å². The van der Waals surface area contributed by atoms with Crippen LogP contribution in [0.15, 0.2) is 42.5 Å². The van der Waals surface area contributed by atoms with Gasteiger partial charge in [0.15, 0.2) is 5.82 Å². The minimum absolute atomic E-state index is 0.0734. The Morgan fingerprint density at radius 3 is 2.65 bits per heavy atom. The Morgan fingerprint density at radius 1 is 1.19 bits per heavy atom. The van der Waals surface area contributed by atoms with E-state index in [1.165, 1.54) is 0 Å². The van der Waals surface area contributed by atoms with Crippen LogP contribution in [0, 0.1) is 0 Å². The van der Waals surface area contributed by atoms with Crippen molar-refractivity contribution in [3.05, 3.63) is 58.9 Å². The molecule has 132 valence electrons. The van der Waals surface area contributed by atoms with Gasteiger partial charge in [0, 0.05) is 23.0 Å². The summed E-state index contributed by atoms with van der Waals surface area (Å²) in [6.07, 6.45) is 2.78. The summed E-state index contributed by atoms with van der Waals surface area (Å²) in [7, 11) is 0. The van der Waals surface area contributed by atoms with Gasteiger partial charge < -0.3 is 5.32 Å². The molecule has 1 saturated carbocycles. The molecule has 7 heteroatoms. The number of hydrogen-bond donors (Lipinski definition) is 1. The van der Waals surface area contributed by atoms with E-state index < -0.39 is 0 Å². The lowest BCUT2D eigenvalue weighted by atomic mass is 10.0. The SMILES string of the molecule is CCc1nnnn1-c1cc(C(=O)NC2CC2)cc(-c2ccc(Cl)cc2)c1. The fourth-order valence-corrected chi connectivity index (χ4v) is 2.92. The number of nitrogens with one attached hydrogen (secondary N) is 1. The van der Waals surface area contributed by atoms with E-state index >= 15 is 0 Å². The molecule has 2 aromatic carbocycles. The van der Waals surface area contributed by atoms with E-state index in [0.29, 0.717) is 23.0 Å². The highest BCUT2D eigenvalue weighted by Gasteiger charge is 2.24. The van der Waals surface area contributed by atoms with Crippen molar-refractivity contribution in [1.29, 1.82) is 0 Å². The van der Waals surface area contributed by atoms with Gasteiger partial charge in [-0.25, -0.2) is 0 Å². The van der Waals surface area contributed by atoms with E-state index in [9.17, 15) is 4.79 Å². The van der Waals surface area contributed by atoms with Crippen molar-refractivity contribution in [2.75, 3.05) is 0 Å². The summed E-state index contributed by atoms with van der Waals surface area (Å²) in [5, 5.41) is 15.6. The predicted octanol–water partition coefficient (Wildman–Crippen LogP) is 3.44. The van der Waals surface area contributed by atoms with Crippen molar-refractivity contribution >= 4 is 17.5 Å². The Balaban J connectivity index is 1.80. The zero-order valence-corrected chi connectivity index (χ0v) is 15.1. The zero-order chi connectivity index (χ0) is 18.1. The van der Waals surface area contributed by atoms with Crippen molar-refractivity contribution in [2.24, 2.45) is 0 Å². The van der Waals surface area contributed by atoms with E-state index in [0.717, 1.165) is 35.5 Å². The highest BCUT2D eigenvalue weighted by atomic mass is 35.5. The van der Waals surface area contributed by atoms with Gasteiger partial charge in [0.2, 0.25) is 0 Å². The molecule has 4 rings (SSSR count). The molecule has 0 radical (unpaired) electrons. The maximum absolute atomic E-state index is 12.6. The van der Waals surface area contributed by atoms with Crippen LogP contribution in [0.5, 0.6) is 0 Å². The molecular formula is C19H18ClN5O. The summed E-state index contributed by atoms with van der Waals surface area (Å²) in [6.45, 7) is 1.99. The molecular weight excluding hydrogens is 350 g/mol. The Kier molecular flexibility index (Phi) is 4.42. The van der Waals surface area contributed by atoms with Crippen molar-refractivity contribution in [3.63, 3.8) is 0 Å². The lowest BCUT2D eigenvalue weighted by molar-refractivity contribution is 0.0951. The molecule has 1 amide bonds. The minimum atomic E-state index is -0.0734. The largest absolute Gasteiger partial charge is 0.349 e. The summed E-state index contributed by atoms with van der Waals surface area (Å²) < 4.78 is 1.67. The number of rotatable bonds is 5. The molecule has 1 aromatic heterocycles. The molecule has 0 saturated heterocycles. The molecule has 26 heavy (non-hydrogen) atoms. The van der Waals surface area contributed by atoms with Crippen LogP contribution in [0.3, 0.4) is 0 Å². The normalized spacial score (nSPS) is 13.6. The van der Waals surface area contributed by atoms with Crippen LogP contribution in [0.4, 0.5) is 0 Å². The van der Waals surface area contributed by atoms with Gasteiger partial charge in [-0.2, -0.15) is 4.68 Å². The summed E-state index contributed by atoms with van der Waals surface area (Å²) in [5.41, 5.74) is 3.25. The first kappa shape index (κ1) is 16.7. The van der Waals surface area contributed by atoms with Crippen LogP contribution in [-0.2, 0) is 6.42 Å². The number of tetrazole rings is 1. The fraction of sp³-hybridized carbons (Fsp3) is 0.263. The first-order chi connectivity index (χ1) is 12.6. The van der Waals surface area contributed by atoms with Crippen molar-refractivity contribution < 1.29 is 4.79 Å². The van der Waals surface area contributed by atoms with Crippen molar-refractivity contribution in [1.82, 2.24) is 25.5 Å². The highest BCUT2D eigenvalue weighted by Crippen LogP contribution is 2.27. The number of aryl methyl sites for hydroxylation is 1. The summed E-state index contributed by atoms with van der Waals surface area (Å²) >= 11 is 6.00. The molecule has 0 unspecified atom stereocenters. The smallest absolute Gasteiger partial charge is 0.251 e. The molecule has 0 spiro atoms. The number of aromatic nitrogens is 4. The van der Waals surface area contributed by atoms with Crippen LogP contribution in [-0.4, -0.2) is 32.2 Å². The van der Waals surface area contributed by atoms with Gasteiger partial charge in [0.1, 0.15) is 0 Å². The number of halogens is 1. The van der Waals surface area contributed by atoms with Gasteiger partial charge in [-0.15, -0.1) is 5.10 Å². The summed E-state index contributed by atoms with van der Waals surface area (Å²) in [6, 6.07) is 13.5. The van der Waals surface area contributed by atoms with Crippen molar-refractivity contribution in [3.8, 4) is 16.8 Å². The zero-order valence-electron chi connectivity index (χ0n) is 14.3. The standard InChI is InChI=1S/C19H18ClN5O/c1-2-18-22-23-24-25(18)17-10-13(12-3-5-15(20)6-4-12)9-14(11-17)19(26)21-16-7-8-16/h3-6,9-11,16H,2,7-8H2,1H3,(H,21,26). The minimum Gasteiger partial charge on any atom is -0.349 e.